The molecule has 2 saturated heterocycles. The number of nitrogens with zero attached hydrogens (tertiary/aromatic N) is 2. The van der Waals surface area contributed by atoms with Crippen molar-refractivity contribution in [2.45, 2.75) is 127 Å². The molecule has 65 heavy (non-hydrogen) atoms. The number of rotatable bonds is 37. The maximum atomic E-state index is 12.0. The first kappa shape index (κ1) is 63.3. The average Bonchev–Trinajstić information content (AvgIpc) is 3.76. The Hall–Kier alpha value is -3.76. The summed E-state index contributed by atoms with van der Waals surface area (Å²) in [5, 5.41) is 0.976. The number of Topliss-reactive ketones (excluding diaryl/α,β-unsaturated/α-hetero) is 2. The third-order valence-electron chi connectivity index (χ3n) is 9.60. The SMILES string of the molecule is C.C.CCOCC(CCOCC(=O)CCC(=O)ON1C(=O)CCC1=O)(COCC)COCC.CCOCC(CCOCC(=O)CCCC(=O)ON1C(=O)CCC1=O)(COCC)COCC. The van der Waals surface area contributed by atoms with Gasteiger partial charge in [0, 0.05) is 109 Å². The molecule has 0 saturated carbocycles. The van der Waals surface area contributed by atoms with Crippen molar-refractivity contribution in [3.8, 4) is 0 Å². The van der Waals surface area contributed by atoms with Crippen LogP contribution in [0.15, 0.2) is 0 Å². The highest BCUT2D eigenvalue weighted by Crippen LogP contribution is 2.26. The zero-order chi connectivity index (χ0) is 46.9. The maximum absolute atomic E-state index is 12.0. The average molecular weight is 937 g/mol. The number of hydrogen-bond donors (Lipinski definition) is 0. The van der Waals surface area contributed by atoms with E-state index >= 15 is 0 Å². The van der Waals surface area contributed by atoms with Crippen LogP contribution in [0.1, 0.15) is 127 Å². The predicted molar refractivity (Wildman–Crippen MR) is 236 cm³/mol. The van der Waals surface area contributed by atoms with Crippen molar-refractivity contribution in [1.29, 1.82) is 0 Å². The molecule has 0 aromatic carbocycles. The first-order chi connectivity index (χ1) is 30.2. The van der Waals surface area contributed by atoms with Crippen LogP contribution in [-0.2, 0) is 85.9 Å². The number of ketones is 2. The van der Waals surface area contributed by atoms with Gasteiger partial charge in [-0.15, -0.1) is 10.1 Å². The van der Waals surface area contributed by atoms with E-state index in [2.05, 4.69) is 0 Å². The van der Waals surface area contributed by atoms with E-state index in [0.717, 1.165) is 0 Å². The summed E-state index contributed by atoms with van der Waals surface area (Å²) in [5.41, 5.74) is -0.719. The van der Waals surface area contributed by atoms with Gasteiger partial charge in [0.15, 0.2) is 11.6 Å². The lowest BCUT2D eigenvalue weighted by molar-refractivity contribution is -0.197. The smallest absolute Gasteiger partial charge is 0.333 e. The number of amides is 4. The van der Waals surface area contributed by atoms with Crippen LogP contribution < -0.4 is 0 Å². The van der Waals surface area contributed by atoms with Gasteiger partial charge in [0.1, 0.15) is 13.2 Å². The Kier molecular flexibility index (Phi) is 36.4. The summed E-state index contributed by atoms with van der Waals surface area (Å²) in [6.45, 7) is 18.3. The Morgan fingerprint density at radius 2 is 0.723 bits per heavy atom. The number of ether oxygens (including phenoxy) is 8. The van der Waals surface area contributed by atoms with Gasteiger partial charge in [0.05, 0.1) is 46.1 Å². The number of carbonyl (C=O) groups is 8. The lowest BCUT2D eigenvalue weighted by atomic mass is 9.87. The van der Waals surface area contributed by atoms with Crippen LogP contribution in [0, 0.1) is 10.8 Å². The summed E-state index contributed by atoms with van der Waals surface area (Å²) in [7, 11) is 0. The van der Waals surface area contributed by atoms with Gasteiger partial charge in [-0.3, -0.25) is 28.8 Å². The molecule has 2 aliphatic rings. The topological polar surface area (TPSA) is 235 Å². The lowest BCUT2D eigenvalue weighted by Gasteiger charge is -2.32. The van der Waals surface area contributed by atoms with Crippen molar-refractivity contribution >= 4 is 47.1 Å². The minimum absolute atomic E-state index is 0. The van der Waals surface area contributed by atoms with Gasteiger partial charge >= 0.3 is 11.9 Å². The Bertz CT molecular complexity index is 1330. The van der Waals surface area contributed by atoms with Gasteiger partial charge < -0.3 is 47.6 Å². The van der Waals surface area contributed by atoms with Crippen molar-refractivity contribution in [2.24, 2.45) is 10.8 Å². The molecule has 2 rings (SSSR count). The second-order valence-corrected chi connectivity index (χ2v) is 14.9. The fourth-order valence-corrected chi connectivity index (χ4v) is 5.97. The van der Waals surface area contributed by atoms with Gasteiger partial charge in [-0.25, -0.2) is 9.59 Å². The molecule has 0 aromatic heterocycles. The summed E-state index contributed by atoms with van der Waals surface area (Å²) in [6, 6.07) is 0. The lowest BCUT2D eigenvalue weighted by Crippen LogP contribution is -2.39. The van der Waals surface area contributed by atoms with Crippen LogP contribution in [0.4, 0.5) is 0 Å². The maximum Gasteiger partial charge on any atom is 0.333 e. The molecule has 0 atom stereocenters. The first-order valence-electron chi connectivity index (χ1n) is 22.0. The Morgan fingerprint density at radius 3 is 1.03 bits per heavy atom. The summed E-state index contributed by atoms with van der Waals surface area (Å²) < 4.78 is 44.8. The van der Waals surface area contributed by atoms with Crippen molar-refractivity contribution in [3.05, 3.63) is 0 Å². The first-order valence-corrected chi connectivity index (χ1v) is 22.0. The Balaban J connectivity index is 0. The summed E-state index contributed by atoms with van der Waals surface area (Å²) in [6.07, 6.45) is 1.33. The molecular formula is C45H80N2O18. The number of imide groups is 2. The molecule has 2 heterocycles. The fraction of sp³-hybridized carbons (Fsp3) is 0.822. The second kappa shape index (κ2) is 37.3. The van der Waals surface area contributed by atoms with E-state index in [9.17, 15) is 38.4 Å². The molecular weight excluding hydrogens is 856 g/mol. The van der Waals surface area contributed by atoms with Crippen LogP contribution >= 0.6 is 0 Å². The molecule has 20 nitrogen and oxygen atoms in total. The highest BCUT2D eigenvalue weighted by molar-refractivity contribution is 6.02. The van der Waals surface area contributed by atoms with Crippen LogP contribution in [-0.4, -0.2) is 163 Å². The van der Waals surface area contributed by atoms with Gasteiger partial charge in [-0.1, -0.05) is 14.9 Å². The monoisotopic (exact) mass is 937 g/mol. The zero-order valence-corrected chi connectivity index (χ0v) is 38.3. The highest BCUT2D eigenvalue weighted by atomic mass is 16.7. The van der Waals surface area contributed by atoms with Crippen LogP contribution in [0.5, 0.6) is 0 Å². The standard InChI is InChI=1S/C22H37NO9.C21H35NO9.2CH4/c1-4-28-15-22(16-29-5-2,17-30-6-3)12-13-31-14-18(24)8-7-9-21(27)32-23-19(25)10-11-20(23)26;1-4-27-14-21(15-28-5-2,16-29-6-3)11-12-30-13-17(23)7-10-20(26)31-22-18(24)8-9-19(22)25;;/h4-17H2,1-3H3;4-16H2,1-3H3;2*1H4. The number of carbonyl (C=O) groups excluding carboxylic acids is 8. The molecule has 2 aliphatic heterocycles. The van der Waals surface area contributed by atoms with Gasteiger partial charge in [0.2, 0.25) is 0 Å². The quantitative estimate of drug-likeness (QED) is 0.0613. The molecule has 378 valence electrons. The van der Waals surface area contributed by atoms with E-state index in [0.29, 0.717) is 115 Å². The van der Waals surface area contributed by atoms with Crippen molar-refractivity contribution in [2.75, 3.05) is 106 Å². The van der Waals surface area contributed by atoms with Crippen molar-refractivity contribution in [1.82, 2.24) is 10.1 Å². The largest absolute Gasteiger partial charge is 0.381 e. The van der Waals surface area contributed by atoms with Gasteiger partial charge in [-0.2, -0.15) is 0 Å². The van der Waals surface area contributed by atoms with Crippen LogP contribution in [0.3, 0.4) is 0 Å². The molecule has 0 bridgehead atoms. The Morgan fingerprint density at radius 1 is 0.431 bits per heavy atom. The molecule has 0 radical (unpaired) electrons. The molecule has 20 heteroatoms. The molecule has 0 aliphatic carbocycles. The van der Waals surface area contributed by atoms with Gasteiger partial charge in [-0.05, 0) is 60.8 Å². The van der Waals surface area contributed by atoms with E-state index in [4.69, 9.17) is 47.6 Å². The summed E-state index contributed by atoms with van der Waals surface area (Å²) in [5.74, 6) is -4.10. The van der Waals surface area contributed by atoms with Crippen molar-refractivity contribution < 1.29 is 85.9 Å². The fourth-order valence-electron chi connectivity index (χ4n) is 5.97. The molecule has 4 amide bonds. The third kappa shape index (κ3) is 26.8. The van der Waals surface area contributed by atoms with E-state index in [1.165, 1.54) is 0 Å². The zero-order valence-electron chi connectivity index (χ0n) is 38.3. The molecule has 0 spiro atoms. The summed E-state index contributed by atoms with van der Waals surface area (Å²) in [4.78, 5) is 103. The summed E-state index contributed by atoms with van der Waals surface area (Å²) >= 11 is 0. The predicted octanol–water partition coefficient (Wildman–Crippen LogP) is 4.55. The van der Waals surface area contributed by atoms with Crippen molar-refractivity contribution in [3.63, 3.8) is 0 Å². The normalized spacial score (nSPS) is 13.9. The Labute approximate surface area is 386 Å². The highest BCUT2D eigenvalue weighted by Gasteiger charge is 2.35. The second-order valence-electron chi connectivity index (χ2n) is 14.9. The van der Waals surface area contributed by atoms with E-state index in [-0.39, 0.29) is 108 Å². The third-order valence-corrected chi connectivity index (χ3v) is 9.60. The van der Waals surface area contributed by atoms with E-state index in [1.54, 1.807) is 0 Å². The minimum Gasteiger partial charge on any atom is -0.381 e. The van der Waals surface area contributed by atoms with Crippen LogP contribution in [0.25, 0.3) is 0 Å². The number of hydroxylamine groups is 4. The molecule has 2 fully saturated rings. The van der Waals surface area contributed by atoms with E-state index < -0.39 is 35.6 Å². The molecule has 0 N–H and O–H groups in total. The molecule has 0 unspecified atom stereocenters. The molecule has 0 aromatic rings. The minimum atomic E-state index is -0.805. The van der Waals surface area contributed by atoms with E-state index in [1.807, 2.05) is 41.5 Å². The van der Waals surface area contributed by atoms with Gasteiger partial charge in [0.25, 0.3) is 23.6 Å². The number of hydrogen-bond acceptors (Lipinski definition) is 18. The van der Waals surface area contributed by atoms with Crippen LogP contribution in [0.2, 0.25) is 0 Å².